The first-order valence-corrected chi connectivity index (χ1v) is 5.11. The van der Waals surface area contributed by atoms with Crippen LogP contribution in [-0.2, 0) is 0 Å². The summed E-state index contributed by atoms with van der Waals surface area (Å²) in [6.45, 7) is 1.18. The summed E-state index contributed by atoms with van der Waals surface area (Å²) in [5.74, 6) is 0.707. The standard InChI is InChI=1S/C11H13N3O2/c12-4-1-5-16-8-2-3-9-10(6-8)13-7-14-11(9)15/h2-3,6-7H,1,4-5,12H2,(H,13,14,15). The van der Waals surface area contributed by atoms with Crippen LogP contribution in [0.2, 0.25) is 0 Å². The SMILES string of the molecule is NCCCOc1ccc2c(=O)[nH]cnc2c1. The monoisotopic (exact) mass is 219 g/mol. The fourth-order valence-corrected chi connectivity index (χ4v) is 1.41. The maximum atomic E-state index is 11.4. The molecule has 5 nitrogen and oxygen atoms in total. The van der Waals surface area contributed by atoms with Gasteiger partial charge in [0.2, 0.25) is 0 Å². The van der Waals surface area contributed by atoms with Gasteiger partial charge in [-0.2, -0.15) is 0 Å². The van der Waals surface area contributed by atoms with Gasteiger partial charge in [-0.1, -0.05) is 0 Å². The lowest BCUT2D eigenvalue weighted by Crippen LogP contribution is -2.07. The molecule has 84 valence electrons. The molecule has 0 saturated heterocycles. The Bertz CT molecular complexity index is 536. The Morgan fingerprint density at radius 1 is 1.44 bits per heavy atom. The van der Waals surface area contributed by atoms with Crippen molar-refractivity contribution in [1.29, 1.82) is 0 Å². The molecule has 0 radical (unpaired) electrons. The van der Waals surface area contributed by atoms with Gasteiger partial charge in [-0.25, -0.2) is 4.98 Å². The van der Waals surface area contributed by atoms with Crippen molar-refractivity contribution in [2.45, 2.75) is 6.42 Å². The Morgan fingerprint density at radius 3 is 3.12 bits per heavy atom. The number of ether oxygens (including phenoxy) is 1. The van der Waals surface area contributed by atoms with Gasteiger partial charge >= 0.3 is 0 Å². The molecule has 0 aliphatic heterocycles. The van der Waals surface area contributed by atoms with Crippen LogP contribution < -0.4 is 16.0 Å². The lowest BCUT2D eigenvalue weighted by molar-refractivity contribution is 0.314. The molecule has 0 spiro atoms. The fourth-order valence-electron chi connectivity index (χ4n) is 1.41. The topological polar surface area (TPSA) is 81.0 Å². The highest BCUT2D eigenvalue weighted by molar-refractivity contribution is 5.78. The molecule has 0 unspecified atom stereocenters. The Hall–Kier alpha value is -1.88. The van der Waals surface area contributed by atoms with E-state index in [4.69, 9.17) is 10.5 Å². The molecule has 2 aromatic rings. The molecule has 3 N–H and O–H groups in total. The quantitative estimate of drug-likeness (QED) is 0.740. The number of hydrogen-bond donors (Lipinski definition) is 2. The minimum Gasteiger partial charge on any atom is -0.493 e. The van der Waals surface area contributed by atoms with E-state index in [9.17, 15) is 4.79 Å². The highest BCUT2D eigenvalue weighted by Gasteiger charge is 2.01. The van der Waals surface area contributed by atoms with Crippen LogP contribution in [0.3, 0.4) is 0 Å². The Balaban J connectivity index is 2.27. The second-order valence-corrected chi connectivity index (χ2v) is 3.40. The zero-order valence-electron chi connectivity index (χ0n) is 8.77. The van der Waals surface area contributed by atoms with Gasteiger partial charge in [0.25, 0.3) is 5.56 Å². The number of aromatic nitrogens is 2. The molecule has 0 bridgehead atoms. The number of rotatable bonds is 4. The average Bonchev–Trinajstić information content (AvgIpc) is 2.30. The van der Waals surface area contributed by atoms with Gasteiger partial charge in [0.05, 0.1) is 23.8 Å². The Morgan fingerprint density at radius 2 is 2.31 bits per heavy atom. The Labute approximate surface area is 92.3 Å². The molecule has 1 aromatic carbocycles. The van der Waals surface area contributed by atoms with Gasteiger partial charge in [-0.15, -0.1) is 0 Å². The van der Waals surface area contributed by atoms with Crippen molar-refractivity contribution in [3.05, 3.63) is 34.9 Å². The van der Waals surface area contributed by atoms with Crippen LogP contribution in [0.1, 0.15) is 6.42 Å². The third-order valence-corrected chi connectivity index (χ3v) is 2.23. The van der Waals surface area contributed by atoms with Crippen LogP contribution >= 0.6 is 0 Å². The largest absolute Gasteiger partial charge is 0.493 e. The first kappa shape index (κ1) is 10.6. The van der Waals surface area contributed by atoms with Crippen molar-refractivity contribution in [1.82, 2.24) is 9.97 Å². The summed E-state index contributed by atoms with van der Waals surface area (Å²) in [6, 6.07) is 5.22. The highest BCUT2D eigenvalue weighted by atomic mass is 16.5. The van der Waals surface area contributed by atoms with Crippen molar-refractivity contribution >= 4 is 10.9 Å². The smallest absolute Gasteiger partial charge is 0.258 e. The number of nitrogens with two attached hydrogens (primary N) is 1. The molecule has 16 heavy (non-hydrogen) atoms. The molecule has 0 fully saturated rings. The molecule has 5 heteroatoms. The van der Waals surface area contributed by atoms with Crippen LogP contribution in [0.4, 0.5) is 0 Å². The van der Waals surface area contributed by atoms with E-state index in [1.807, 2.05) is 0 Å². The minimum atomic E-state index is -0.140. The molecule has 2 rings (SSSR count). The van der Waals surface area contributed by atoms with E-state index in [1.54, 1.807) is 18.2 Å². The van der Waals surface area contributed by atoms with E-state index in [-0.39, 0.29) is 5.56 Å². The van der Waals surface area contributed by atoms with Gasteiger partial charge in [0.15, 0.2) is 0 Å². The second kappa shape index (κ2) is 4.76. The molecular weight excluding hydrogens is 206 g/mol. The van der Waals surface area contributed by atoms with Crippen LogP contribution in [-0.4, -0.2) is 23.1 Å². The van der Waals surface area contributed by atoms with E-state index in [2.05, 4.69) is 9.97 Å². The second-order valence-electron chi connectivity index (χ2n) is 3.40. The maximum absolute atomic E-state index is 11.4. The molecule has 1 heterocycles. The molecule has 0 aliphatic rings. The highest BCUT2D eigenvalue weighted by Crippen LogP contribution is 2.16. The molecule has 1 aromatic heterocycles. The van der Waals surface area contributed by atoms with Crippen LogP contribution in [0, 0.1) is 0 Å². The van der Waals surface area contributed by atoms with Gasteiger partial charge in [-0.05, 0) is 25.1 Å². The number of fused-ring (bicyclic) bond motifs is 1. The lowest BCUT2D eigenvalue weighted by Gasteiger charge is -2.05. The van der Waals surface area contributed by atoms with E-state index in [0.29, 0.717) is 29.8 Å². The van der Waals surface area contributed by atoms with E-state index in [1.165, 1.54) is 6.33 Å². The number of nitrogens with zero attached hydrogens (tertiary/aromatic N) is 1. The van der Waals surface area contributed by atoms with Crippen LogP contribution in [0.15, 0.2) is 29.3 Å². The predicted molar refractivity (Wildman–Crippen MR) is 61.5 cm³/mol. The van der Waals surface area contributed by atoms with Gasteiger partial charge in [-0.3, -0.25) is 4.79 Å². The molecular formula is C11H13N3O2. The molecule has 0 atom stereocenters. The third kappa shape index (κ3) is 2.20. The summed E-state index contributed by atoms with van der Waals surface area (Å²) in [5.41, 5.74) is 5.86. The van der Waals surface area contributed by atoms with Crippen molar-refractivity contribution in [2.75, 3.05) is 13.2 Å². The number of hydrogen-bond acceptors (Lipinski definition) is 4. The number of H-pyrrole nitrogens is 1. The van der Waals surface area contributed by atoms with Crippen molar-refractivity contribution < 1.29 is 4.74 Å². The fraction of sp³-hybridized carbons (Fsp3) is 0.273. The number of benzene rings is 1. The molecule has 0 aliphatic carbocycles. The lowest BCUT2D eigenvalue weighted by atomic mass is 10.2. The van der Waals surface area contributed by atoms with E-state index >= 15 is 0 Å². The number of aromatic amines is 1. The maximum Gasteiger partial charge on any atom is 0.258 e. The van der Waals surface area contributed by atoms with Crippen LogP contribution in [0.5, 0.6) is 5.75 Å². The van der Waals surface area contributed by atoms with E-state index in [0.717, 1.165) is 6.42 Å². The Kier molecular flexibility index (Phi) is 3.16. The summed E-state index contributed by atoms with van der Waals surface area (Å²) in [6.07, 6.45) is 2.19. The first-order valence-electron chi connectivity index (χ1n) is 5.11. The van der Waals surface area contributed by atoms with Gasteiger partial charge in [0.1, 0.15) is 5.75 Å². The van der Waals surface area contributed by atoms with Crippen LogP contribution in [0.25, 0.3) is 10.9 Å². The van der Waals surface area contributed by atoms with Gasteiger partial charge in [0, 0.05) is 6.07 Å². The average molecular weight is 219 g/mol. The van der Waals surface area contributed by atoms with Crippen molar-refractivity contribution in [2.24, 2.45) is 5.73 Å². The van der Waals surface area contributed by atoms with E-state index < -0.39 is 0 Å². The summed E-state index contributed by atoms with van der Waals surface area (Å²) < 4.78 is 5.46. The van der Waals surface area contributed by atoms with Gasteiger partial charge < -0.3 is 15.5 Å². The third-order valence-electron chi connectivity index (χ3n) is 2.23. The first-order chi connectivity index (χ1) is 7.81. The summed E-state index contributed by atoms with van der Waals surface area (Å²) in [4.78, 5) is 18.0. The molecule has 0 amide bonds. The zero-order chi connectivity index (χ0) is 11.4. The van der Waals surface area contributed by atoms with Crippen molar-refractivity contribution in [3.63, 3.8) is 0 Å². The molecule has 0 saturated carbocycles. The minimum absolute atomic E-state index is 0.140. The normalized spacial score (nSPS) is 10.6. The van der Waals surface area contributed by atoms with Crippen molar-refractivity contribution in [3.8, 4) is 5.75 Å². The summed E-state index contributed by atoms with van der Waals surface area (Å²) in [5, 5.41) is 0.564. The predicted octanol–water partition coefficient (Wildman–Crippen LogP) is 0.651. The summed E-state index contributed by atoms with van der Waals surface area (Å²) in [7, 11) is 0. The number of nitrogens with one attached hydrogen (secondary N) is 1. The summed E-state index contributed by atoms with van der Waals surface area (Å²) >= 11 is 0. The zero-order valence-corrected chi connectivity index (χ0v) is 8.77.